The highest BCUT2D eigenvalue weighted by Gasteiger charge is 2.03. The molecule has 0 fully saturated rings. The van der Waals surface area contributed by atoms with Crippen LogP contribution >= 0.6 is 0 Å². The van der Waals surface area contributed by atoms with Crippen molar-refractivity contribution in [1.82, 2.24) is 4.98 Å². The molecule has 0 saturated carbocycles. The van der Waals surface area contributed by atoms with Crippen molar-refractivity contribution < 1.29 is 0 Å². The summed E-state index contributed by atoms with van der Waals surface area (Å²) in [6, 6.07) is 3.64. The summed E-state index contributed by atoms with van der Waals surface area (Å²) in [5.74, 6) is 0.171. The second-order valence-corrected chi connectivity index (χ2v) is 3.47. The molecule has 0 radical (unpaired) electrons. The summed E-state index contributed by atoms with van der Waals surface area (Å²) in [4.78, 5) is 4.25. The van der Waals surface area contributed by atoms with Crippen molar-refractivity contribution in [3.05, 3.63) is 47.9 Å². The number of nitrogens with two attached hydrogens (primary N) is 2. The fraction of sp³-hybridized carbons (Fsp3) is 0.250. The van der Waals surface area contributed by atoms with Crippen LogP contribution in [-0.4, -0.2) is 4.98 Å². The fourth-order valence-corrected chi connectivity index (χ4v) is 1.34. The molecule has 0 amide bonds. The van der Waals surface area contributed by atoms with Crippen molar-refractivity contribution in [2.24, 2.45) is 5.73 Å². The lowest BCUT2D eigenvalue weighted by Crippen LogP contribution is -2.00. The average molecular weight is 203 g/mol. The molecule has 80 valence electrons. The first-order valence-corrected chi connectivity index (χ1v) is 4.95. The Bertz CT molecular complexity index is 380. The van der Waals surface area contributed by atoms with Gasteiger partial charge in [0.1, 0.15) is 0 Å². The van der Waals surface area contributed by atoms with E-state index in [1.807, 2.05) is 38.1 Å². The number of hydrogen-bond acceptors (Lipinski definition) is 3. The standard InChI is InChI=1S/C12H17N3/c1-3-4-10(13)7-9(2)12-8-11(14)5-6-15-12/h3-9H,13H2,1-2H3,(H2,14,15)/b4-3-,10-7+. The first kappa shape index (κ1) is 11.3. The van der Waals surface area contributed by atoms with Crippen molar-refractivity contribution in [1.29, 1.82) is 0 Å². The van der Waals surface area contributed by atoms with Gasteiger partial charge in [-0.2, -0.15) is 0 Å². The van der Waals surface area contributed by atoms with Crippen LogP contribution in [-0.2, 0) is 0 Å². The highest BCUT2D eigenvalue weighted by molar-refractivity contribution is 5.39. The summed E-state index contributed by atoms with van der Waals surface area (Å²) in [5, 5.41) is 0. The third-order valence-corrected chi connectivity index (χ3v) is 2.07. The number of anilines is 1. The predicted molar refractivity (Wildman–Crippen MR) is 64.1 cm³/mol. The number of hydrogen-bond donors (Lipinski definition) is 2. The number of allylic oxidation sites excluding steroid dienone is 3. The Hall–Kier alpha value is -1.77. The van der Waals surface area contributed by atoms with Gasteiger partial charge in [-0.1, -0.05) is 19.1 Å². The van der Waals surface area contributed by atoms with Crippen LogP contribution in [0.5, 0.6) is 0 Å². The van der Waals surface area contributed by atoms with E-state index in [4.69, 9.17) is 11.5 Å². The second-order valence-electron chi connectivity index (χ2n) is 3.47. The summed E-state index contributed by atoms with van der Waals surface area (Å²) >= 11 is 0. The fourth-order valence-electron chi connectivity index (χ4n) is 1.34. The molecule has 1 aromatic rings. The van der Waals surface area contributed by atoms with Gasteiger partial charge in [-0.3, -0.25) is 4.98 Å². The van der Waals surface area contributed by atoms with Gasteiger partial charge in [-0.05, 0) is 25.1 Å². The van der Waals surface area contributed by atoms with Crippen LogP contribution in [0.2, 0.25) is 0 Å². The van der Waals surface area contributed by atoms with Crippen molar-refractivity contribution in [2.75, 3.05) is 5.73 Å². The third kappa shape index (κ3) is 3.46. The Kier molecular flexibility index (Phi) is 3.92. The summed E-state index contributed by atoms with van der Waals surface area (Å²) < 4.78 is 0. The van der Waals surface area contributed by atoms with Gasteiger partial charge >= 0.3 is 0 Å². The first-order valence-electron chi connectivity index (χ1n) is 4.95. The zero-order valence-corrected chi connectivity index (χ0v) is 9.14. The Balaban J connectivity index is 2.85. The Morgan fingerprint density at radius 2 is 2.27 bits per heavy atom. The van der Waals surface area contributed by atoms with Gasteiger partial charge in [0.15, 0.2) is 0 Å². The lowest BCUT2D eigenvalue weighted by Gasteiger charge is -2.07. The maximum absolute atomic E-state index is 5.78. The van der Waals surface area contributed by atoms with E-state index in [-0.39, 0.29) is 5.92 Å². The van der Waals surface area contributed by atoms with Crippen molar-refractivity contribution in [3.8, 4) is 0 Å². The van der Waals surface area contributed by atoms with Crippen LogP contribution in [0.1, 0.15) is 25.5 Å². The van der Waals surface area contributed by atoms with Gasteiger partial charge in [-0.15, -0.1) is 0 Å². The van der Waals surface area contributed by atoms with Crippen molar-refractivity contribution >= 4 is 5.69 Å². The summed E-state index contributed by atoms with van der Waals surface area (Å²) in [6.07, 6.45) is 7.44. The summed E-state index contributed by atoms with van der Waals surface area (Å²) in [5.41, 5.74) is 13.9. The van der Waals surface area contributed by atoms with Gasteiger partial charge in [0.25, 0.3) is 0 Å². The van der Waals surface area contributed by atoms with Crippen LogP contribution in [0.3, 0.4) is 0 Å². The van der Waals surface area contributed by atoms with Crippen LogP contribution in [0.25, 0.3) is 0 Å². The second kappa shape index (κ2) is 5.20. The molecule has 15 heavy (non-hydrogen) atoms. The molecule has 1 unspecified atom stereocenters. The first-order chi connectivity index (χ1) is 7.13. The smallest absolute Gasteiger partial charge is 0.0490 e. The van der Waals surface area contributed by atoms with E-state index in [0.29, 0.717) is 0 Å². The highest BCUT2D eigenvalue weighted by Crippen LogP contribution is 2.17. The molecule has 1 heterocycles. The van der Waals surface area contributed by atoms with Crippen LogP contribution < -0.4 is 11.5 Å². The van der Waals surface area contributed by atoms with E-state index in [9.17, 15) is 0 Å². The quantitative estimate of drug-likeness (QED) is 0.740. The maximum Gasteiger partial charge on any atom is 0.0490 e. The van der Waals surface area contributed by atoms with Crippen molar-refractivity contribution in [2.45, 2.75) is 19.8 Å². The molecular formula is C12H17N3. The number of aromatic nitrogens is 1. The Morgan fingerprint density at radius 1 is 1.53 bits per heavy atom. The molecule has 0 aromatic carbocycles. The molecule has 0 aliphatic rings. The molecule has 3 nitrogen and oxygen atoms in total. The van der Waals surface area contributed by atoms with E-state index in [2.05, 4.69) is 4.98 Å². The predicted octanol–water partition coefficient (Wildman–Crippen LogP) is 2.19. The van der Waals surface area contributed by atoms with Crippen LogP contribution in [0, 0.1) is 0 Å². The van der Waals surface area contributed by atoms with E-state index >= 15 is 0 Å². The number of nitrogen functional groups attached to an aromatic ring is 1. The Labute approximate surface area is 90.5 Å². The average Bonchev–Trinajstić information content (AvgIpc) is 2.18. The maximum atomic E-state index is 5.78. The monoisotopic (exact) mass is 203 g/mol. The third-order valence-electron chi connectivity index (χ3n) is 2.07. The van der Waals surface area contributed by atoms with Gasteiger partial charge in [0, 0.05) is 29.2 Å². The van der Waals surface area contributed by atoms with Gasteiger partial charge in [0.2, 0.25) is 0 Å². The molecule has 3 heteroatoms. The Morgan fingerprint density at radius 3 is 2.87 bits per heavy atom. The van der Waals surface area contributed by atoms with Crippen LogP contribution in [0.15, 0.2) is 42.3 Å². The van der Waals surface area contributed by atoms with Crippen LogP contribution in [0.4, 0.5) is 5.69 Å². The number of nitrogens with zero attached hydrogens (tertiary/aromatic N) is 1. The molecule has 0 aliphatic carbocycles. The lowest BCUT2D eigenvalue weighted by atomic mass is 10.1. The van der Waals surface area contributed by atoms with Gasteiger partial charge in [-0.25, -0.2) is 0 Å². The molecule has 1 rings (SSSR count). The number of pyridine rings is 1. The van der Waals surface area contributed by atoms with Gasteiger partial charge < -0.3 is 11.5 Å². The van der Waals surface area contributed by atoms with E-state index in [0.717, 1.165) is 17.1 Å². The minimum absolute atomic E-state index is 0.171. The molecule has 0 saturated heterocycles. The molecular weight excluding hydrogens is 186 g/mol. The molecule has 1 atom stereocenters. The summed E-state index contributed by atoms with van der Waals surface area (Å²) in [7, 11) is 0. The topological polar surface area (TPSA) is 64.9 Å². The highest BCUT2D eigenvalue weighted by atomic mass is 14.7. The molecule has 0 spiro atoms. The van der Waals surface area contributed by atoms with E-state index in [1.54, 1.807) is 12.3 Å². The van der Waals surface area contributed by atoms with Crippen molar-refractivity contribution in [3.63, 3.8) is 0 Å². The summed E-state index contributed by atoms with van der Waals surface area (Å²) in [6.45, 7) is 3.97. The minimum atomic E-state index is 0.171. The van der Waals surface area contributed by atoms with Gasteiger partial charge in [0.05, 0.1) is 0 Å². The normalized spacial score (nSPS) is 14.4. The molecule has 1 aromatic heterocycles. The van der Waals surface area contributed by atoms with E-state index in [1.165, 1.54) is 0 Å². The van der Waals surface area contributed by atoms with E-state index < -0.39 is 0 Å². The molecule has 0 bridgehead atoms. The SMILES string of the molecule is C/C=C\C(N)=C/C(C)c1cc(N)ccn1. The minimum Gasteiger partial charge on any atom is -0.399 e. The lowest BCUT2D eigenvalue weighted by molar-refractivity contribution is 0.899. The largest absolute Gasteiger partial charge is 0.399 e. The number of rotatable bonds is 3. The molecule has 4 N–H and O–H groups in total. The zero-order valence-electron chi connectivity index (χ0n) is 9.14. The molecule has 0 aliphatic heterocycles. The zero-order chi connectivity index (χ0) is 11.3.